The van der Waals surface area contributed by atoms with Crippen molar-refractivity contribution in [3.8, 4) is 5.75 Å². The van der Waals surface area contributed by atoms with Crippen LogP contribution in [-0.4, -0.2) is 20.2 Å². The fourth-order valence-corrected chi connectivity index (χ4v) is 2.39. The molecule has 96 valence electrons. The highest BCUT2D eigenvalue weighted by Gasteiger charge is 2.32. The second kappa shape index (κ2) is 5.16. The quantitative estimate of drug-likeness (QED) is 0.608. The standard InChI is InChI=1S/C13H15NO4/c1-17-10-4-3-8-5-9(13(15)18-2)6-12(14-16)11(8)7-10/h3-4,7,9,12H,5-6H2,1-2H3. The number of nitroso groups, excluding NO2 is 1. The summed E-state index contributed by atoms with van der Waals surface area (Å²) < 4.78 is 9.87. The molecule has 0 saturated heterocycles. The van der Waals surface area contributed by atoms with Gasteiger partial charge in [0.05, 0.1) is 20.1 Å². The van der Waals surface area contributed by atoms with Gasteiger partial charge in [-0.3, -0.25) is 4.79 Å². The van der Waals surface area contributed by atoms with E-state index in [1.807, 2.05) is 18.2 Å². The van der Waals surface area contributed by atoms with Gasteiger partial charge >= 0.3 is 5.97 Å². The Bertz CT molecular complexity index is 472. The normalized spacial score (nSPS) is 21.9. The van der Waals surface area contributed by atoms with Crippen LogP contribution in [0.2, 0.25) is 0 Å². The van der Waals surface area contributed by atoms with Gasteiger partial charge in [0, 0.05) is 0 Å². The molecule has 1 aromatic carbocycles. The highest BCUT2D eigenvalue weighted by Crippen LogP contribution is 2.37. The summed E-state index contributed by atoms with van der Waals surface area (Å²) in [6, 6.07) is 5.00. The Morgan fingerprint density at radius 1 is 1.39 bits per heavy atom. The average molecular weight is 249 g/mol. The molecule has 1 aliphatic rings. The van der Waals surface area contributed by atoms with E-state index in [1.54, 1.807) is 7.11 Å². The molecule has 5 nitrogen and oxygen atoms in total. The van der Waals surface area contributed by atoms with Crippen molar-refractivity contribution >= 4 is 5.97 Å². The largest absolute Gasteiger partial charge is 0.497 e. The molecule has 0 spiro atoms. The van der Waals surface area contributed by atoms with E-state index in [-0.39, 0.29) is 11.9 Å². The Labute approximate surface area is 105 Å². The molecule has 1 aliphatic carbocycles. The first-order valence-corrected chi connectivity index (χ1v) is 5.76. The van der Waals surface area contributed by atoms with E-state index in [1.165, 1.54) is 7.11 Å². The van der Waals surface area contributed by atoms with Crippen LogP contribution in [0.5, 0.6) is 5.75 Å². The van der Waals surface area contributed by atoms with E-state index < -0.39 is 6.04 Å². The maximum atomic E-state index is 11.6. The molecular weight excluding hydrogens is 234 g/mol. The predicted octanol–water partition coefficient (Wildman–Crippen LogP) is 2.24. The first-order chi connectivity index (χ1) is 8.69. The van der Waals surface area contributed by atoms with E-state index >= 15 is 0 Å². The summed E-state index contributed by atoms with van der Waals surface area (Å²) in [5.74, 6) is 0.114. The number of fused-ring (bicyclic) bond motifs is 1. The third kappa shape index (κ3) is 2.20. The lowest BCUT2D eigenvalue weighted by Gasteiger charge is -2.26. The molecule has 0 heterocycles. The van der Waals surface area contributed by atoms with E-state index in [2.05, 4.69) is 5.18 Å². The second-order valence-electron chi connectivity index (χ2n) is 4.35. The number of rotatable bonds is 3. The zero-order valence-electron chi connectivity index (χ0n) is 10.4. The lowest BCUT2D eigenvalue weighted by atomic mass is 9.81. The number of hydrogen-bond donors (Lipinski definition) is 0. The molecule has 18 heavy (non-hydrogen) atoms. The Balaban J connectivity index is 2.35. The van der Waals surface area contributed by atoms with Crippen LogP contribution in [0.15, 0.2) is 23.4 Å². The van der Waals surface area contributed by atoms with Crippen molar-refractivity contribution < 1.29 is 14.3 Å². The highest BCUT2D eigenvalue weighted by atomic mass is 16.5. The van der Waals surface area contributed by atoms with Crippen LogP contribution >= 0.6 is 0 Å². The van der Waals surface area contributed by atoms with Gasteiger partial charge in [0.2, 0.25) is 0 Å². The van der Waals surface area contributed by atoms with Gasteiger partial charge in [-0.1, -0.05) is 11.2 Å². The summed E-state index contributed by atoms with van der Waals surface area (Å²) >= 11 is 0. The van der Waals surface area contributed by atoms with Crippen molar-refractivity contribution in [2.45, 2.75) is 18.9 Å². The van der Waals surface area contributed by atoms with Gasteiger partial charge < -0.3 is 9.47 Å². The van der Waals surface area contributed by atoms with Crippen LogP contribution in [0.4, 0.5) is 0 Å². The number of benzene rings is 1. The summed E-state index contributed by atoms with van der Waals surface area (Å²) in [6.45, 7) is 0. The van der Waals surface area contributed by atoms with Gasteiger partial charge in [-0.05, 0) is 36.1 Å². The first kappa shape index (κ1) is 12.5. The number of ether oxygens (including phenoxy) is 2. The third-order valence-corrected chi connectivity index (χ3v) is 3.35. The van der Waals surface area contributed by atoms with Crippen molar-refractivity contribution in [1.82, 2.24) is 0 Å². The van der Waals surface area contributed by atoms with Crippen LogP contribution in [0.3, 0.4) is 0 Å². The van der Waals surface area contributed by atoms with E-state index in [0.717, 1.165) is 11.1 Å². The molecule has 0 radical (unpaired) electrons. The minimum absolute atomic E-state index is 0.287. The average Bonchev–Trinajstić information content (AvgIpc) is 2.44. The zero-order valence-corrected chi connectivity index (χ0v) is 10.4. The Kier molecular flexibility index (Phi) is 3.60. The van der Waals surface area contributed by atoms with Crippen LogP contribution in [0, 0.1) is 10.8 Å². The fraction of sp³-hybridized carbons (Fsp3) is 0.462. The van der Waals surface area contributed by atoms with Gasteiger partial charge in [0.15, 0.2) is 0 Å². The number of methoxy groups -OCH3 is 2. The Morgan fingerprint density at radius 3 is 2.78 bits per heavy atom. The van der Waals surface area contributed by atoms with Crippen molar-refractivity contribution in [3.63, 3.8) is 0 Å². The molecule has 5 heteroatoms. The van der Waals surface area contributed by atoms with Crippen molar-refractivity contribution in [2.24, 2.45) is 11.1 Å². The van der Waals surface area contributed by atoms with Gasteiger partial charge in [-0.15, -0.1) is 0 Å². The number of nitrogens with zero attached hydrogens (tertiary/aromatic N) is 1. The lowest BCUT2D eigenvalue weighted by Crippen LogP contribution is -2.25. The molecule has 0 bridgehead atoms. The van der Waals surface area contributed by atoms with Crippen LogP contribution in [-0.2, 0) is 16.0 Å². The molecule has 0 amide bonds. The molecule has 0 saturated carbocycles. The van der Waals surface area contributed by atoms with Crippen molar-refractivity contribution in [1.29, 1.82) is 0 Å². The van der Waals surface area contributed by atoms with Gasteiger partial charge in [-0.25, -0.2) is 0 Å². The summed E-state index contributed by atoms with van der Waals surface area (Å²) in [4.78, 5) is 22.5. The third-order valence-electron chi connectivity index (χ3n) is 3.35. The van der Waals surface area contributed by atoms with Crippen molar-refractivity contribution in [3.05, 3.63) is 34.2 Å². The monoisotopic (exact) mass is 249 g/mol. The number of esters is 1. The second-order valence-corrected chi connectivity index (χ2v) is 4.35. The number of carbonyl (C=O) groups excluding carboxylic acids is 1. The smallest absolute Gasteiger partial charge is 0.309 e. The Morgan fingerprint density at radius 2 is 2.17 bits per heavy atom. The molecule has 1 aromatic rings. The highest BCUT2D eigenvalue weighted by molar-refractivity contribution is 5.73. The molecule has 2 unspecified atom stereocenters. The molecule has 2 rings (SSSR count). The molecule has 0 N–H and O–H groups in total. The number of hydrogen-bond acceptors (Lipinski definition) is 5. The van der Waals surface area contributed by atoms with E-state index in [0.29, 0.717) is 18.6 Å². The van der Waals surface area contributed by atoms with Crippen molar-refractivity contribution in [2.75, 3.05) is 14.2 Å². The summed E-state index contributed by atoms with van der Waals surface area (Å²) in [7, 11) is 2.93. The molecule has 0 fully saturated rings. The SMILES string of the molecule is COC(=O)C1Cc2ccc(OC)cc2C(N=O)C1. The summed E-state index contributed by atoms with van der Waals surface area (Å²) in [5, 5.41) is 3.12. The maximum Gasteiger partial charge on any atom is 0.309 e. The Hall–Kier alpha value is -1.91. The summed E-state index contributed by atoms with van der Waals surface area (Å²) in [5.41, 5.74) is 1.81. The van der Waals surface area contributed by atoms with Crippen LogP contribution < -0.4 is 4.74 Å². The molecule has 0 aromatic heterocycles. The topological polar surface area (TPSA) is 65.0 Å². The lowest BCUT2D eigenvalue weighted by molar-refractivity contribution is -0.146. The van der Waals surface area contributed by atoms with Crippen LogP contribution in [0.1, 0.15) is 23.6 Å². The van der Waals surface area contributed by atoms with Gasteiger partial charge in [0.1, 0.15) is 11.8 Å². The predicted molar refractivity (Wildman–Crippen MR) is 65.4 cm³/mol. The van der Waals surface area contributed by atoms with Crippen LogP contribution in [0.25, 0.3) is 0 Å². The molecule has 0 aliphatic heterocycles. The van der Waals surface area contributed by atoms with E-state index in [4.69, 9.17) is 9.47 Å². The minimum atomic E-state index is -0.507. The van der Waals surface area contributed by atoms with Gasteiger partial charge in [0.25, 0.3) is 0 Å². The molecule has 2 atom stereocenters. The first-order valence-electron chi connectivity index (χ1n) is 5.76. The fourth-order valence-electron chi connectivity index (χ4n) is 2.39. The number of carbonyl (C=O) groups is 1. The zero-order chi connectivity index (χ0) is 13.1. The minimum Gasteiger partial charge on any atom is -0.497 e. The molecular formula is C13H15NO4. The van der Waals surface area contributed by atoms with Gasteiger partial charge in [-0.2, -0.15) is 4.91 Å². The maximum absolute atomic E-state index is 11.6. The van der Waals surface area contributed by atoms with E-state index in [9.17, 15) is 9.70 Å². The summed E-state index contributed by atoms with van der Waals surface area (Å²) in [6.07, 6.45) is 0.981.